The molecule has 4 rings (SSSR count). The van der Waals surface area contributed by atoms with Crippen LogP contribution in [0.1, 0.15) is 44.5 Å². The van der Waals surface area contributed by atoms with Gasteiger partial charge in [0, 0.05) is 16.9 Å². The largest absolute Gasteiger partial charge is 0.505 e. The maximum absolute atomic E-state index is 12.4. The molecule has 0 spiro atoms. The van der Waals surface area contributed by atoms with E-state index in [4.69, 9.17) is 0 Å². The number of nitrogens with one attached hydrogen (secondary N) is 2. The number of hydrogen-bond acceptors (Lipinski definition) is 6. The fourth-order valence-electron chi connectivity index (χ4n) is 4.28. The van der Waals surface area contributed by atoms with Gasteiger partial charge in [-0.2, -0.15) is 0 Å². The maximum Gasteiger partial charge on any atom is 0.257 e. The molecular formula is C24H29N3O4. The number of phenols is 1. The molecule has 1 fully saturated rings. The number of carbonyl (C=O) groups excluding carboxylic acids is 1. The average Bonchev–Trinajstić information content (AvgIpc) is 3.27. The lowest BCUT2D eigenvalue weighted by Crippen LogP contribution is -2.42. The van der Waals surface area contributed by atoms with Crippen LogP contribution in [0.3, 0.4) is 0 Å². The van der Waals surface area contributed by atoms with Gasteiger partial charge >= 0.3 is 0 Å². The van der Waals surface area contributed by atoms with E-state index in [1.54, 1.807) is 26.2 Å². The van der Waals surface area contributed by atoms with Gasteiger partial charge < -0.3 is 20.6 Å². The lowest BCUT2D eigenvalue weighted by molar-refractivity contribution is 0.0824. The van der Waals surface area contributed by atoms with Crippen LogP contribution in [0, 0.1) is 0 Å². The summed E-state index contributed by atoms with van der Waals surface area (Å²) in [6, 6.07) is 14.6. The van der Waals surface area contributed by atoms with Gasteiger partial charge in [-0.15, -0.1) is 0 Å². The molecule has 0 aliphatic heterocycles. The first-order chi connectivity index (χ1) is 14.8. The monoisotopic (exact) mass is 423 g/mol. The summed E-state index contributed by atoms with van der Waals surface area (Å²) in [5, 5.41) is 16.8. The number of aromatic hydroxyl groups is 1. The van der Waals surface area contributed by atoms with Crippen molar-refractivity contribution in [3.8, 4) is 5.75 Å². The number of amides is 1. The van der Waals surface area contributed by atoms with Gasteiger partial charge in [-0.3, -0.25) is 14.4 Å². The second-order valence-corrected chi connectivity index (χ2v) is 8.21. The summed E-state index contributed by atoms with van der Waals surface area (Å²) in [6.45, 7) is 0. The van der Waals surface area contributed by atoms with Crippen molar-refractivity contribution in [3.05, 3.63) is 80.1 Å². The Balaban J connectivity index is 0.00000193. The molecule has 3 aromatic rings. The van der Waals surface area contributed by atoms with Crippen molar-refractivity contribution in [1.29, 1.82) is 0 Å². The van der Waals surface area contributed by atoms with Gasteiger partial charge in [0.25, 0.3) is 16.8 Å². The van der Waals surface area contributed by atoms with E-state index >= 15 is 0 Å². The molecule has 3 aromatic carbocycles. The van der Waals surface area contributed by atoms with Crippen LogP contribution in [-0.2, 0) is 5.54 Å². The summed E-state index contributed by atoms with van der Waals surface area (Å²) in [6.07, 6.45) is 3.76. The SMILES string of the molecule is CN(C)C(=O)c1cccc(Nc2c(NC3(c4ccccc4)CCCC3)c(=O)c2=O)c1O.[HH].[HH]. The molecule has 0 aromatic heterocycles. The number of benzene rings is 2. The summed E-state index contributed by atoms with van der Waals surface area (Å²) in [4.78, 5) is 38.4. The molecule has 1 saturated carbocycles. The molecule has 0 radical (unpaired) electrons. The molecule has 1 aliphatic rings. The van der Waals surface area contributed by atoms with Gasteiger partial charge in [0.2, 0.25) is 0 Å². The average molecular weight is 424 g/mol. The Bertz CT molecular complexity index is 1200. The number of anilines is 3. The summed E-state index contributed by atoms with van der Waals surface area (Å²) in [5.74, 6) is -0.627. The predicted octanol–water partition coefficient (Wildman–Crippen LogP) is 3.81. The Morgan fingerprint density at radius 3 is 2.26 bits per heavy atom. The molecule has 0 atom stereocenters. The van der Waals surface area contributed by atoms with Crippen molar-refractivity contribution in [1.82, 2.24) is 4.90 Å². The molecule has 7 nitrogen and oxygen atoms in total. The van der Waals surface area contributed by atoms with E-state index in [0.29, 0.717) is 0 Å². The van der Waals surface area contributed by atoms with Gasteiger partial charge in [0.15, 0.2) is 5.75 Å². The molecule has 3 N–H and O–H groups in total. The lowest BCUT2D eigenvalue weighted by Gasteiger charge is -2.33. The molecule has 0 unspecified atom stereocenters. The van der Waals surface area contributed by atoms with Gasteiger partial charge in [0.1, 0.15) is 11.4 Å². The van der Waals surface area contributed by atoms with E-state index < -0.39 is 16.4 Å². The normalized spacial score (nSPS) is 15.0. The third kappa shape index (κ3) is 3.56. The summed E-state index contributed by atoms with van der Waals surface area (Å²) in [5.41, 5.74) is 0.0781. The maximum atomic E-state index is 12.4. The van der Waals surface area contributed by atoms with E-state index in [1.807, 2.05) is 30.3 Å². The summed E-state index contributed by atoms with van der Waals surface area (Å²) >= 11 is 0. The van der Waals surface area contributed by atoms with Crippen LogP contribution >= 0.6 is 0 Å². The highest BCUT2D eigenvalue weighted by Crippen LogP contribution is 2.42. The van der Waals surface area contributed by atoms with Gasteiger partial charge in [0.05, 0.1) is 16.8 Å². The zero-order valence-corrected chi connectivity index (χ0v) is 17.6. The topological polar surface area (TPSA) is 98.7 Å². The van der Waals surface area contributed by atoms with Crippen molar-refractivity contribution in [3.63, 3.8) is 0 Å². The van der Waals surface area contributed by atoms with E-state index in [-0.39, 0.29) is 37.1 Å². The quantitative estimate of drug-likeness (QED) is 0.412. The van der Waals surface area contributed by atoms with E-state index in [1.165, 1.54) is 11.0 Å². The van der Waals surface area contributed by atoms with Crippen molar-refractivity contribution < 1.29 is 12.8 Å². The zero-order valence-electron chi connectivity index (χ0n) is 17.6. The minimum Gasteiger partial charge on any atom is -0.505 e. The molecule has 7 heteroatoms. The number of hydrogen-bond donors (Lipinski definition) is 3. The minimum atomic E-state index is -0.646. The first-order valence-electron chi connectivity index (χ1n) is 10.3. The van der Waals surface area contributed by atoms with Gasteiger partial charge in [-0.1, -0.05) is 49.2 Å². The fraction of sp³-hybridized carbons (Fsp3) is 0.292. The Morgan fingerprint density at radius 1 is 0.968 bits per heavy atom. The highest BCUT2D eigenvalue weighted by Gasteiger charge is 2.38. The highest BCUT2D eigenvalue weighted by atomic mass is 16.3. The van der Waals surface area contributed by atoms with Crippen molar-refractivity contribution in [2.75, 3.05) is 24.7 Å². The molecule has 1 amide bonds. The Labute approximate surface area is 183 Å². The van der Waals surface area contributed by atoms with Crippen LogP contribution in [0.4, 0.5) is 17.1 Å². The van der Waals surface area contributed by atoms with E-state index in [0.717, 1.165) is 31.2 Å². The van der Waals surface area contributed by atoms with Crippen molar-refractivity contribution >= 4 is 23.0 Å². The number of carbonyl (C=O) groups is 1. The van der Waals surface area contributed by atoms with Crippen molar-refractivity contribution in [2.45, 2.75) is 31.2 Å². The van der Waals surface area contributed by atoms with Crippen LogP contribution < -0.4 is 21.5 Å². The number of phenolic OH excluding ortho intramolecular Hbond substituents is 1. The van der Waals surface area contributed by atoms with Crippen molar-refractivity contribution in [2.24, 2.45) is 0 Å². The zero-order chi connectivity index (χ0) is 22.2. The fourth-order valence-corrected chi connectivity index (χ4v) is 4.28. The van der Waals surface area contributed by atoms with E-state index in [9.17, 15) is 19.5 Å². The Morgan fingerprint density at radius 2 is 1.61 bits per heavy atom. The van der Waals surface area contributed by atoms with Crippen LogP contribution in [0.2, 0.25) is 0 Å². The third-order valence-corrected chi connectivity index (χ3v) is 5.99. The predicted molar refractivity (Wildman–Crippen MR) is 125 cm³/mol. The number of para-hydroxylation sites is 1. The first kappa shape index (κ1) is 20.7. The molecule has 1 aliphatic carbocycles. The summed E-state index contributed by atoms with van der Waals surface area (Å²) < 4.78 is 0. The van der Waals surface area contributed by atoms with E-state index in [2.05, 4.69) is 10.6 Å². The number of rotatable bonds is 6. The van der Waals surface area contributed by atoms with Crippen LogP contribution in [0.15, 0.2) is 58.1 Å². The standard InChI is InChI=1S/C24H25N3O4.2H2/c1-27(2)23(31)16-11-8-12-17(20(16)28)25-18-19(22(30)21(18)29)26-24(13-6-7-14-24)15-9-4-3-5-10-15;;/h3-5,8-12,25-26,28H,6-7,13-14H2,1-2H3;2*1H. The molecule has 164 valence electrons. The lowest BCUT2D eigenvalue weighted by atomic mass is 9.87. The molecular weight excluding hydrogens is 394 g/mol. The second-order valence-electron chi connectivity index (χ2n) is 8.21. The molecule has 0 bridgehead atoms. The Hall–Kier alpha value is -3.61. The third-order valence-electron chi connectivity index (χ3n) is 5.99. The van der Waals surface area contributed by atoms with Crippen LogP contribution in [-0.4, -0.2) is 30.0 Å². The van der Waals surface area contributed by atoms with Crippen LogP contribution in [0.5, 0.6) is 5.75 Å². The summed E-state index contributed by atoms with van der Waals surface area (Å²) in [7, 11) is 3.18. The Kier molecular flexibility index (Phi) is 5.27. The smallest absolute Gasteiger partial charge is 0.257 e. The minimum absolute atomic E-state index is 0. The molecule has 0 heterocycles. The second kappa shape index (κ2) is 7.91. The molecule has 0 saturated heterocycles. The first-order valence-corrected chi connectivity index (χ1v) is 10.3. The number of nitrogens with zero attached hydrogens (tertiary/aromatic N) is 1. The van der Waals surface area contributed by atoms with Gasteiger partial charge in [-0.25, -0.2) is 0 Å². The highest BCUT2D eigenvalue weighted by molar-refractivity contribution is 5.99. The van der Waals surface area contributed by atoms with Gasteiger partial charge in [-0.05, 0) is 30.5 Å². The van der Waals surface area contributed by atoms with Crippen LogP contribution in [0.25, 0.3) is 0 Å². The molecule has 31 heavy (non-hydrogen) atoms.